The van der Waals surface area contributed by atoms with E-state index in [0.717, 1.165) is 5.56 Å². The van der Waals surface area contributed by atoms with Gasteiger partial charge in [0.15, 0.2) is 5.78 Å². The van der Waals surface area contributed by atoms with Crippen molar-refractivity contribution in [2.75, 3.05) is 17.7 Å². The second kappa shape index (κ2) is 7.64. The molecule has 2 N–H and O–H groups in total. The van der Waals surface area contributed by atoms with Crippen LogP contribution >= 0.6 is 0 Å². The van der Waals surface area contributed by atoms with E-state index in [1.165, 1.54) is 18.2 Å². The van der Waals surface area contributed by atoms with Crippen LogP contribution in [0.4, 0.5) is 15.9 Å². The van der Waals surface area contributed by atoms with E-state index in [1.807, 2.05) is 0 Å². The number of nitrogens with two attached hydrogens (primary N) is 1. The molecule has 0 radical (unpaired) electrons. The van der Waals surface area contributed by atoms with E-state index >= 15 is 0 Å². The molecule has 0 fully saturated rings. The van der Waals surface area contributed by atoms with Gasteiger partial charge in [0.2, 0.25) is 0 Å². The Morgan fingerprint density at radius 2 is 2.04 bits per heavy atom. The SMILES string of the molecule is CC(=CC(=O)c1ccc(-c2c(C)noc2C)cc1F)N(C)c1cccnc1N. The molecule has 0 aliphatic heterocycles. The van der Waals surface area contributed by atoms with Crippen molar-refractivity contribution in [1.29, 1.82) is 0 Å². The second-order valence-electron chi connectivity index (χ2n) is 6.51. The maximum Gasteiger partial charge on any atom is 0.190 e. The number of nitrogens with zero attached hydrogens (tertiary/aromatic N) is 3. The number of ketones is 1. The van der Waals surface area contributed by atoms with Crippen LogP contribution in [-0.2, 0) is 0 Å². The molecule has 0 amide bonds. The minimum atomic E-state index is -0.602. The smallest absolute Gasteiger partial charge is 0.190 e. The third-order valence-corrected chi connectivity index (χ3v) is 4.60. The highest BCUT2D eigenvalue weighted by Crippen LogP contribution is 2.29. The number of pyridine rings is 1. The lowest BCUT2D eigenvalue weighted by Gasteiger charge is -2.20. The summed E-state index contributed by atoms with van der Waals surface area (Å²) in [5.74, 6) is -0.0905. The molecule has 0 saturated heterocycles. The van der Waals surface area contributed by atoms with E-state index in [0.29, 0.717) is 34.2 Å². The summed E-state index contributed by atoms with van der Waals surface area (Å²) in [4.78, 5) is 18.4. The molecule has 2 heterocycles. The molecule has 0 bridgehead atoms. The Morgan fingerprint density at radius 3 is 2.64 bits per heavy atom. The first kappa shape index (κ1) is 19.3. The Morgan fingerprint density at radius 1 is 1.29 bits per heavy atom. The molecule has 28 heavy (non-hydrogen) atoms. The summed E-state index contributed by atoms with van der Waals surface area (Å²) in [6.45, 7) is 5.30. The van der Waals surface area contributed by atoms with Crippen LogP contribution in [0.25, 0.3) is 11.1 Å². The molecule has 0 aliphatic carbocycles. The molecule has 1 aromatic carbocycles. The molecule has 3 aromatic rings. The number of carbonyl (C=O) groups excluding carboxylic acids is 1. The standard InChI is InChI=1S/C21H21FN4O2/c1-12(26(4)18-6-5-9-24-21(18)23)10-19(27)16-8-7-15(11-17(16)22)20-13(2)25-28-14(20)3/h5-11H,1-4H3,(H2,23,24). The topological polar surface area (TPSA) is 85.2 Å². The number of anilines is 2. The van der Waals surface area contributed by atoms with Crippen LogP contribution in [-0.4, -0.2) is 23.0 Å². The average Bonchev–Trinajstić information content (AvgIpc) is 2.99. The van der Waals surface area contributed by atoms with Gasteiger partial charge in [-0.2, -0.15) is 0 Å². The van der Waals surface area contributed by atoms with Gasteiger partial charge in [-0.25, -0.2) is 9.37 Å². The molecule has 6 nitrogen and oxygen atoms in total. The zero-order chi connectivity index (χ0) is 20.4. The van der Waals surface area contributed by atoms with Gasteiger partial charge in [-0.05, 0) is 50.6 Å². The van der Waals surface area contributed by atoms with Crippen molar-refractivity contribution in [3.05, 3.63) is 71.1 Å². The summed E-state index contributed by atoms with van der Waals surface area (Å²) in [7, 11) is 1.77. The number of nitrogen functional groups attached to an aromatic ring is 1. The molecular formula is C21H21FN4O2. The monoisotopic (exact) mass is 380 g/mol. The fourth-order valence-corrected chi connectivity index (χ4v) is 3.01. The summed E-state index contributed by atoms with van der Waals surface area (Å²) < 4.78 is 19.8. The van der Waals surface area contributed by atoms with E-state index in [9.17, 15) is 9.18 Å². The number of halogens is 1. The molecular weight excluding hydrogens is 359 g/mol. The Balaban J connectivity index is 1.88. The molecule has 2 aromatic heterocycles. The lowest BCUT2D eigenvalue weighted by Crippen LogP contribution is -2.17. The largest absolute Gasteiger partial charge is 0.382 e. The second-order valence-corrected chi connectivity index (χ2v) is 6.51. The first-order valence-corrected chi connectivity index (χ1v) is 8.69. The number of hydrogen-bond donors (Lipinski definition) is 1. The van der Waals surface area contributed by atoms with Gasteiger partial charge in [0.1, 0.15) is 17.4 Å². The maximum absolute atomic E-state index is 14.6. The van der Waals surface area contributed by atoms with Crippen LogP contribution in [0.3, 0.4) is 0 Å². The van der Waals surface area contributed by atoms with E-state index in [4.69, 9.17) is 10.3 Å². The van der Waals surface area contributed by atoms with E-state index < -0.39 is 11.6 Å². The van der Waals surface area contributed by atoms with E-state index in [-0.39, 0.29) is 5.56 Å². The fourth-order valence-electron chi connectivity index (χ4n) is 3.01. The number of carbonyl (C=O) groups is 1. The summed E-state index contributed by atoms with van der Waals surface area (Å²) in [5, 5.41) is 3.88. The number of aromatic nitrogens is 2. The molecule has 0 saturated carbocycles. The van der Waals surface area contributed by atoms with Gasteiger partial charge in [-0.1, -0.05) is 11.2 Å². The Kier molecular flexibility index (Phi) is 5.26. The zero-order valence-electron chi connectivity index (χ0n) is 16.2. The van der Waals surface area contributed by atoms with Crippen LogP contribution in [0.15, 0.2) is 52.8 Å². The van der Waals surface area contributed by atoms with Crippen molar-refractivity contribution in [3.63, 3.8) is 0 Å². The average molecular weight is 380 g/mol. The predicted octanol–water partition coefficient (Wildman–Crippen LogP) is 4.30. The van der Waals surface area contributed by atoms with Gasteiger partial charge >= 0.3 is 0 Å². The minimum Gasteiger partial charge on any atom is -0.382 e. The third-order valence-electron chi connectivity index (χ3n) is 4.60. The molecule has 0 unspecified atom stereocenters. The molecule has 0 spiro atoms. The van der Waals surface area contributed by atoms with E-state index in [2.05, 4.69) is 10.1 Å². The Hall–Kier alpha value is -3.48. The van der Waals surface area contributed by atoms with Crippen molar-refractivity contribution in [1.82, 2.24) is 10.1 Å². The van der Waals surface area contributed by atoms with Crippen molar-refractivity contribution >= 4 is 17.3 Å². The molecule has 144 valence electrons. The maximum atomic E-state index is 14.6. The van der Waals surface area contributed by atoms with E-state index in [1.54, 1.807) is 57.1 Å². The number of aryl methyl sites for hydroxylation is 2. The first-order valence-electron chi connectivity index (χ1n) is 8.69. The van der Waals surface area contributed by atoms with Gasteiger partial charge in [-0.15, -0.1) is 0 Å². The highest BCUT2D eigenvalue weighted by Gasteiger charge is 2.17. The minimum absolute atomic E-state index is 0.0116. The van der Waals surface area contributed by atoms with Crippen LogP contribution in [0.5, 0.6) is 0 Å². The highest BCUT2D eigenvalue weighted by atomic mass is 19.1. The van der Waals surface area contributed by atoms with Gasteiger partial charge in [0.25, 0.3) is 0 Å². The molecule has 7 heteroatoms. The molecule has 0 atom stereocenters. The third kappa shape index (κ3) is 3.64. The highest BCUT2D eigenvalue weighted by molar-refractivity contribution is 6.05. The Labute approximate surface area is 162 Å². The van der Waals surface area contributed by atoms with Crippen LogP contribution in [0, 0.1) is 19.7 Å². The van der Waals surface area contributed by atoms with Crippen LogP contribution < -0.4 is 10.6 Å². The summed E-state index contributed by atoms with van der Waals surface area (Å²) in [6, 6.07) is 8.04. The van der Waals surface area contributed by atoms with Gasteiger partial charge in [-0.3, -0.25) is 4.79 Å². The van der Waals surface area contributed by atoms with Gasteiger partial charge in [0, 0.05) is 30.6 Å². The quantitative estimate of drug-likeness (QED) is 0.525. The van der Waals surface area contributed by atoms with Gasteiger partial charge < -0.3 is 15.2 Å². The summed E-state index contributed by atoms with van der Waals surface area (Å²) >= 11 is 0. The Bertz CT molecular complexity index is 1050. The van der Waals surface area contributed by atoms with Gasteiger partial charge in [0.05, 0.1) is 16.9 Å². The molecule has 3 rings (SSSR count). The fraction of sp³-hybridized carbons (Fsp3) is 0.190. The van der Waals surface area contributed by atoms with Crippen LogP contribution in [0.2, 0.25) is 0 Å². The van der Waals surface area contributed by atoms with Crippen molar-refractivity contribution in [2.45, 2.75) is 20.8 Å². The summed E-state index contributed by atoms with van der Waals surface area (Å²) in [6.07, 6.45) is 2.97. The zero-order valence-corrected chi connectivity index (χ0v) is 16.2. The number of hydrogen-bond acceptors (Lipinski definition) is 6. The predicted molar refractivity (Wildman–Crippen MR) is 107 cm³/mol. The number of allylic oxidation sites excluding steroid dienone is 2. The van der Waals surface area contributed by atoms with Crippen molar-refractivity contribution in [3.8, 4) is 11.1 Å². The normalized spacial score (nSPS) is 11.5. The lowest BCUT2D eigenvalue weighted by atomic mass is 10.0. The van der Waals surface area contributed by atoms with Crippen molar-refractivity contribution in [2.24, 2.45) is 0 Å². The van der Waals surface area contributed by atoms with Crippen LogP contribution in [0.1, 0.15) is 28.7 Å². The lowest BCUT2D eigenvalue weighted by molar-refractivity contribution is 0.104. The number of benzene rings is 1. The summed E-state index contributed by atoms with van der Waals surface area (Å²) in [5.41, 5.74) is 9.16. The number of rotatable bonds is 5. The molecule has 0 aliphatic rings. The first-order chi connectivity index (χ1) is 13.3. The van der Waals surface area contributed by atoms with Crippen molar-refractivity contribution < 1.29 is 13.7 Å².